The Morgan fingerprint density at radius 1 is 1.15 bits per heavy atom. The van der Waals surface area contributed by atoms with Crippen LogP contribution in [0.1, 0.15) is 59.6 Å². The molecular weight excluding hydrogens is 328 g/mol. The molecule has 2 aromatic rings. The molecule has 0 saturated carbocycles. The van der Waals surface area contributed by atoms with Gasteiger partial charge in [0.15, 0.2) is 0 Å². The summed E-state index contributed by atoms with van der Waals surface area (Å²) >= 11 is 0. The van der Waals surface area contributed by atoms with E-state index in [-0.39, 0.29) is 24.1 Å². The molecule has 0 radical (unpaired) electrons. The van der Waals surface area contributed by atoms with Gasteiger partial charge in [0.25, 0.3) is 11.5 Å². The molecule has 0 bridgehead atoms. The molecule has 1 atom stereocenters. The number of carbonyl (C=O) groups excluding carboxylic acids is 1. The summed E-state index contributed by atoms with van der Waals surface area (Å²) in [6.07, 6.45) is -0.0109. The average molecular weight is 356 g/mol. The minimum Gasteiger partial charge on any atom is -0.374 e. The van der Waals surface area contributed by atoms with Gasteiger partial charge in [-0.15, -0.1) is 0 Å². The van der Waals surface area contributed by atoms with Crippen LogP contribution in [0.4, 0.5) is 0 Å². The molecule has 5 nitrogen and oxygen atoms in total. The van der Waals surface area contributed by atoms with Gasteiger partial charge >= 0.3 is 0 Å². The number of hydrogen-bond donors (Lipinski definition) is 2. The van der Waals surface area contributed by atoms with Crippen molar-refractivity contribution in [2.45, 2.75) is 47.3 Å². The molecule has 0 saturated heterocycles. The number of nitrogens with one attached hydrogen (secondary N) is 2. The summed E-state index contributed by atoms with van der Waals surface area (Å²) in [5, 5.41) is 2.81. The Morgan fingerprint density at radius 3 is 2.38 bits per heavy atom. The zero-order valence-electron chi connectivity index (χ0n) is 16.2. The van der Waals surface area contributed by atoms with Crippen LogP contribution in [0, 0.1) is 19.8 Å². The van der Waals surface area contributed by atoms with Gasteiger partial charge in [-0.3, -0.25) is 9.59 Å². The van der Waals surface area contributed by atoms with Crippen molar-refractivity contribution in [1.29, 1.82) is 0 Å². The lowest BCUT2D eigenvalue weighted by Gasteiger charge is -2.15. The zero-order valence-corrected chi connectivity index (χ0v) is 16.2. The van der Waals surface area contributed by atoms with Crippen molar-refractivity contribution >= 4 is 5.91 Å². The summed E-state index contributed by atoms with van der Waals surface area (Å²) < 4.78 is 5.79. The Morgan fingerprint density at radius 2 is 1.81 bits per heavy atom. The van der Waals surface area contributed by atoms with Gasteiger partial charge in [0.05, 0.1) is 6.10 Å². The Balaban J connectivity index is 1.99. The fourth-order valence-corrected chi connectivity index (χ4v) is 2.71. The minimum atomic E-state index is -0.202. The first-order chi connectivity index (χ1) is 12.3. The van der Waals surface area contributed by atoms with Crippen molar-refractivity contribution in [1.82, 2.24) is 10.3 Å². The van der Waals surface area contributed by atoms with Crippen molar-refractivity contribution in [3.8, 4) is 0 Å². The van der Waals surface area contributed by atoms with Crippen molar-refractivity contribution in [2.75, 3.05) is 6.61 Å². The number of aromatic amines is 1. The van der Waals surface area contributed by atoms with Crippen LogP contribution in [0.3, 0.4) is 0 Å². The number of amides is 1. The van der Waals surface area contributed by atoms with Gasteiger partial charge in [-0.05, 0) is 56.0 Å². The number of hydrogen-bond acceptors (Lipinski definition) is 3. The van der Waals surface area contributed by atoms with Crippen LogP contribution in [-0.2, 0) is 11.3 Å². The number of ether oxygens (including phenoxy) is 1. The molecule has 0 fully saturated rings. The number of carbonyl (C=O) groups is 1. The third-order valence-corrected chi connectivity index (χ3v) is 4.24. The van der Waals surface area contributed by atoms with Gasteiger partial charge in [0, 0.05) is 30.0 Å². The van der Waals surface area contributed by atoms with Crippen molar-refractivity contribution in [3.05, 3.63) is 68.6 Å². The third kappa shape index (κ3) is 5.30. The first-order valence-corrected chi connectivity index (χ1v) is 8.97. The number of benzene rings is 1. The van der Waals surface area contributed by atoms with Gasteiger partial charge < -0.3 is 15.0 Å². The molecule has 26 heavy (non-hydrogen) atoms. The largest absolute Gasteiger partial charge is 0.374 e. The fraction of sp³-hybridized carbons (Fsp3) is 0.429. The molecule has 1 heterocycles. The smallest absolute Gasteiger partial charge is 0.253 e. The predicted octanol–water partition coefficient (Wildman–Crippen LogP) is 3.66. The van der Waals surface area contributed by atoms with Crippen LogP contribution in [0.2, 0.25) is 0 Å². The second-order valence-electron chi connectivity index (χ2n) is 7.12. The second-order valence-corrected chi connectivity index (χ2v) is 7.12. The van der Waals surface area contributed by atoms with Gasteiger partial charge in [0.2, 0.25) is 0 Å². The van der Waals surface area contributed by atoms with E-state index in [2.05, 4.69) is 24.1 Å². The van der Waals surface area contributed by atoms with Crippen molar-refractivity contribution in [3.63, 3.8) is 0 Å². The van der Waals surface area contributed by atoms with Crippen LogP contribution in [0.25, 0.3) is 0 Å². The maximum atomic E-state index is 12.3. The van der Waals surface area contributed by atoms with E-state index < -0.39 is 0 Å². The number of aryl methyl sites for hydroxylation is 2. The minimum absolute atomic E-state index is 0.0109. The summed E-state index contributed by atoms with van der Waals surface area (Å²) in [6.45, 7) is 10.8. The van der Waals surface area contributed by atoms with Crippen LogP contribution < -0.4 is 10.9 Å². The molecule has 1 unspecified atom stereocenters. The fourth-order valence-electron chi connectivity index (χ4n) is 2.71. The first kappa shape index (κ1) is 19.9. The third-order valence-electron chi connectivity index (χ3n) is 4.24. The predicted molar refractivity (Wildman–Crippen MR) is 103 cm³/mol. The molecule has 2 rings (SSSR count). The molecule has 1 aromatic heterocycles. The van der Waals surface area contributed by atoms with Gasteiger partial charge in [0.1, 0.15) is 0 Å². The number of pyridine rings is 1. The topological polar surface area (TPSA) is 71.2 Å². The van der Waals surface area contributed by atoms with E-state index in [0.29, 0.717) is 23.7 Å². The lowest BCUT2D eigenvalue weighted by atomic mass is 10.1. The van der Waals surface area contributed by atoms with Crippen molar-refractivity contribution < 1.29 is 9.53 Å². The maximum absolute atomic E-state index is 12.3. The number of H-pyrrole nitrogens is 1. The van der Waals surface area contributed by atoms with E-state index in [4.69, 9.17) is 4.74 Å². The van der Waals surface area contributed by atoms with Crippen molar-refractivity contribution in [2.24, 2.45) is 5.92 Å². The molecule has 140 valence electrons. The molecule has 1 aromatic carbocycles. The summed E-state index contributed by atoms with van der Waals surface area (Å²) in [4.78, 5) is 27.1. The highest BCUT2D eigenvalue weighted by Gasteiger charge is 2.11. The maximum Gasteiger partial charge on any atom is 0.253 e. The molecule has 1 amide bonds. The number of rotatable bonds is 7. The Hall–Kier alpha value is -2.40. The standard InChI is InChI=1S/C21H28N2O3/c1-13(2)12-26-16(5)17-6-8-18(9-7-17)20(24)22-11-19-14(3)10-15(4)23-21(19)25/h6-10,13,16H,11-12H2,1-5H3,(H,22,24)(H,23,25). The quantitative estimate of drug-likeness (QED) is 0.795. The van der Waals surface area contributed by atoms with Crippen LogP contribution in [0.5, 0.6) is 0 Å². The van der Waals surface area contributed by atoms with Gasteiger partial charge in [-0.25, -0.2) is 0 Å². The number of aromatic nitrogens is 1. The molecule has 2 N–H and O–H groups in total. The zero-order chi connectivity index (χ0) is 19.3. The normalized spacial score (nSPS) is 12.2. The van der Waals surface area contributed by atoms with E-state index in [1.54, 1.807) is 12.1 Å². The Kier molecular flexibility index (Phi) is 6.75. The summed E-state index contributed by atoms with van der Waals surface area (Å²) in [5.74, 6) is 0.280. The van der Waals surface area contributed by atoms with Crippen LogP contribution >= 0.6 is 0 Å². The highest BCUT2D eigenvalue weighted by atomic mass is 16.5. The lowest BCUT2D eigenvalue weighted by Crippen LogP contribution is -2.27. The Labute approximate surface area is 154 Å². The Bertz CT molecular complexity index is 807. The molecule has 0 aliphatic rings. The molecule has 0 aliphatic carbocycles. The molecule has 0 aliphatic heterocycles. The molecule has 0 spiro atoms. The lowest BCUT2D eigenvalue weighted by molar-refractivity contribution is 0.0469. The van der Waals surface area contributed by atoms with Gasteiger partial charge in [-0.1, -0.05) is 26.0 Å². The highest BCUT2D eigenvalue weighted by Crippen LogP contribution is 2.18. The summed E-state index contributed by atoms with van der Waals surface area (Å²) in [6, 6.07) is 9.28. The van der Waals surface area contributed by atoms with Gasteiger partial charge in [-0.2, -0.15) is 0 Å². The SMILES string of the molecule is Cc1cc(C)c(CNC(=O)c2ccc(C(C)OCC(C)C)cc2)c(=O)[nH]1. The first-order valence-electron chi connectivity index (χ1n) is 8.97. The summed E-state index contributed by atoms with van der Waals surface area (Å²) in [5.41, 5.74) is 3.70. The average Bonchev–Trinajstić information content (AvgIpc) is 2.58. The summed E-state index contributed by atoms with van der Waals surface area (Å²) in [7, 11) is 0. The van der Waals surface area contributed by atoms with E-state index in [1.807, 2.05) is 39.0 Å². The molecular formula is C21H28N2O3. The monoisotopic (exact) mass is 356 g/mol. The van der Waals surface area contributed by atoms with E-state index in [0.717, 1.165) is 16.8 Å². The van der Waals surface area contributed by atoms with Crippen LogP contribution in [-0.4, -0.2) is 17.5 Å². The highest BCUT2D eigenvalue weighted by molar-refractivity contribution is 5.94. The van der Waals surface area contributed by atoms with E-state index >= 15 is 0 Å². The van der Waals surface area contributed by atoms with E-state index in [9.17, 15) is 9.59 Å². The van der Waals surface area contributed by atoms with E-state index in [1.165, 1.54) is 0 Å². The molecule has 5 heteroatoms. The van der Waals surface area contributed by atoms with Crippen LogP contribution in [0.15, 0.2) is 35.1 Å². The second kappa shape index (κ2) is 8.81.